The fourth-order valence-electron chi connectivity index (χ4n) is 2.44. The predicted octanol–water partition coefficient (Wildman–Crippen LogP) is 4.58. The van der Waals surface area contributed by atoms with Crippen LogP contribution in [0.1, 0.15) is 46.6 Å². The maximum absolute atomic E-state index is 3.53. The highest BCUT2D eigenvalue weighted by atomic mass is 15.0. The quantitative estimate of drug-likeness (QED) is 0.843. The molecule has 2 rings (SSSR count). The van der Waals surface area contributed by atoms with Crippen molar-refractivity contribution in [3.63, 3.8) is 0 Å². The van der Waals surface area contributed by atoms with Gasteiger partial charge in [-0.1, -0.05) is 52.8 Å². The molecule has 110 valence electrons. The van der Waals surface area contributed by atoms with Crippen molar-refractivity contribution in [1.29, 1.82) is 0 Å². The van der Waals surface area contributed by atoms with Gasteiger partial charge in [-0.2, -0.15) is 0 Å². The number of hydrogen-bond donors (Lipinski definition) is 1. The van der Waals surface area contributed by atoms with Gasteiger partial charge < -0.3 is 9.88 Å². The summed E-state index contributed by atoms with van der Waals surface area (Å²) in [6, 6.07) is 9.36. The molecule has 2 aromatic rings. The lowest BCUT2D eigenvalue weighted by Crippen LogP contribution is -2.22. The van der Waals surface area contributed by atoms with Crippen LogP contribution >= 0.6 is 0 Å². The number of nitrogens with one attached hydrogen (secondary N) is 1. The third-order valence-corrected chi connectivity index (χ3v) is 3.68. The second-order valence-corrected chi connectivity index (χ2v) is 7.21. The average molecular weight is 272 g/mol. The van der Waals surface area contributed by atoms with Gasteiger partial charge in [0.05, 0.1) is 5.52 Å². The Kier molecular flexibility index (Phi) is 4.54. The van der Waals surface area contributed by atoms with Gasteiger partial charge in [-0.25, -0.2) is 0 Å². The van der Waals surface area contributed by atoms with Crippen LogP contribution in [0.5, 0.6) is 0 Å². The predicted molar refractivity (Wildman–Crippen MR) is 88.0 cm³/mol. The summed E-state index contributed by atoms with van der Waals surface area (Å²) < 4.78 is 2.41. The molecule has 0 saturated carbocycles. The lowest BCUT2D eigenvalue weighted by atomic mass is 9.92. The molecule has 0 spiro atoms. The van der Waals surface area contributed by atoms with E-state index in [2.05, 4.69) is 75.0 Å². The van der Waals surface area contributed by atoms with Gasteiger partial charge in [0, 0.05) is 25.3 Å². The molecular weight excluding hydrogens is 244 g/mol. The Morgan fingerprint density at radius 2 is 1.90 bits per heavy atom. The molecule has 0 unspecified atom stereocenters. The molecule has 1 heterocycles. The molecule has 1 aromatic heterocycles. The Bertz CT molecular complexity index is 558. The highest BCUT2D eigenvalue weighted by molar-refractivity contribution is 5.83. The normalized spacial score (nSPS) is 12.5. The standard InChI is InChI=1S/C18H28N2/c1-14(2)19-13-16-8-6-7-15-9-11-20(17(15)16)12-10-18(3,4)5/h6-9,11,14,19H,10,12-13H2,1-5H3. The molecule has 2 heteroatoms. The molecule has 0 fully saturated rings. The van der Waals surface area contributed by atoms with Crippen molar-refractivity contribution in [2.75, 3.05) is 0 Å². The van der Waals surface area contributed by atoms with Crippen LogP contribution in [-0.4, -0.2) is 10.6 Å². The first-order valence-electron chi connectivity index (χ1n) is 7.67. The van der Waals surface area contributed by atoms with Gasteiger partial charge in [-0.05, 0) is 28.9 Å². The summed E-state index contributed by atoms with van der Waals surface area (Å²) in [5.41, 5.74) is 3.17. The minimum absolute atomic E-state index is 0.377. The first-order valence-corrected chi connectivity index (χ1v) is 7.67. The van der Waals surface area contributed by atoms with Gasteiger partial charge in [0.1, 0.15) is 0 Å². The summed E-state index contributed by atoms with van der Waals surface area (Å²) >= 11 is 0. The van der Waals surface area contributed by atoms with Gasteiger partial charge in [0.2, 0.25) is 0 Å². The Labute approximate surface area is 123 Å². The largest absolute Gasteiger partial charge is 0.347 e. The average Bonchev–Trinajstić information content (AvgIpc) is 2.76. The van der Waals surface area contributed by atoms with Crippen LogP contribution in [0.15, 0.2) is 30.5 Å². The van der Waals surface area contributed by atoms with E-state index in [4.69, 9.17) is 0 Å². The smallest absolute Gasteiger partial charge is 0.0525 e. The number of nitrogens with zero attached hydrogens (tertiary/aromatic N) is 1. The molecule has 0 bridgehead atoms. The second-order valence-electron chi connectivity index (χ2n) is 7.21. The molecule has 0 amide bonds. The Balaban J connectivity index is 2.26. The summed E-state index contributed by atoms with van der Waals surface area (Å²) in [6.07, 6.45) is 3.43. The van der Waals surface area contributed by atoms with Gasteiger partial charge in [0.25, 0.3) is 0 Å². The zero-order chi connectivity index (χ0) is 14.8. The van der Waals surface area contributed by atoms with Crippen LogP contribution in [0.25, 0.3) is 10.9 Å². The van der Waals surface area contributed by atoms with Crippen molar-refractivity contribution in [2.45, 2.75) is 60.2 Å². The van der Waals surface area contributed by atoms with E-state index < -0.39 is 0 Å². The lowest BCUT2D eigenvalue weighted by molar-refractivity contribution is 0.353. The van der Waals surface area contributed by atoms with Crippen LogP contribution in [-0.2, 0) is 13.1 Å². The van der Waals surface area contributed by atoms with E-state index >= 15 is 0 Å². The first kappa shape index (κ1) is 15.1. The van der Waals surface area contributed by atoms with Crippen LogP contribution in [0.4, 0.5) is 0 Å². The molecule has 0 atom stereocenters. The molecule has 1 N–H and O–H groups in total. The summed E-state index contributed by atoms with van der Waals surface area (Å²) in [6.45, 7) is 13.3. The number of rotatable bonds is 5. The van der Waals surface area contributed by atoms with Gasteiger partial charge in [0.15, 0.2) is 0 Å². The number of aromatic nitrogens is 1. The lowest BCUT2D eigenvalue weighted by Gasteiger charge is -2.19. The molecule has 20 heavy (non-hydrogen) atoms. The number of para-hydroxylation sites is 1. The van der Waals surface area contributed by atoms with Crippen LogP contribution in [0.3, 0.4) is 0 Å². The topological polar surface area (TPSA) is 17.0 Å². The molecule has 0 aliphatic carbocycles. The maximum Gasteiger partial charge on any atom is 0.0525 e. The molecular formula is C18H28N2. The van der Waals surface area contributed by atoms with Crippen LogP contribution in [0.2, 0.25) is 0 Å². The third kappa shape index (κ3) is 3.86. The van der Waals surface area contributed by atoms with E-state index in [0.29, 0.717) is 11.5 Å². The zero-order valence-corrected chi connectivity index (χ0v) is 13.5. The Hall–Kier alpha value is -1.28. The van der Waals surface area contributed by atoms with E-state index in [0.717, 1.165) is 13.1 Å². The monoisotopic (exact) mass is 272 g/mol. The van der Waals surface area contributed by atoms with E-state index in [1.807, 2.05) is 0 Å². The Morgan fingerprint density at radius 1 is 1.15 bits per heavy atom. The van der Waals surface area contributed by atoms with Gasteiger partial charge in [-0.3, -0.25) is 0 Å². The second kappa shape index (κ2) is 6.01. The molecule has 0 aliphatic heterocycles. The first-order chi connectivity index (χ1) is 9.37. The van der Waals surface area contributed by atoms with Crippen molar-refractivity contribution in [2.24, 2.45) is 5.41 Å². The van der Waals surface area contributed by atoms with Crippen molar-refractivity contribution < 1.29 is 0 Å². The van der Waals surface area contributed by atoms with Crippen molar-refractivity contribution in [3.05, 3.63) is 36.0 Å². The zero-order valence-electron chi connectivity index (χ0n) is 13.5. The van der Waals surface area contributed by atoms with Crippen molar-refractivity contribution in [1.82, 2.24) is 9.88 Å². The van der Waals surface area contributed by atoms with E-state index in [1.54, 1.807) is 0 Å². The van der Waals surface area contributed by atoms with E-state index in [1.165, 1.54) is 22.9 Å². The van der Waals surface area contributed by atoms with E-state index in [-0.39, 0.29) is 0 Å². The maximum atomic E-state index is 3.53. The number of benzene rings is 1. The molecule has 0 aliphatic rings. The van der Waals surface area contributed by atoms with Crippen LogP contribution in [0, 0.1) is 5.41 Å². The fraction of sp³-hybridized carbons (Fsp3) is 0.556. The summed E-state index contributed by atoms with van der Waals surface area (Å²) in [5.74, 6) is 0. The minimum Gasteiger partial charge on any atom is -0.347 e. The summed E-state index contributed by atoms with van der Waals surface area (Å²) in [7, 11) is 0. The SMILES string of the molecule is CC(C)NCc1cccc2ccn(CCC(C)(C)C)c12. The highest BCUT2D eigenvalue weighted by Crippen LogP contribution is 2.24. The number of fused-ring (bicyclic) bond motifs is 1. The molecule has 0 saturated heterocycles. The fourth-order valence-corrected chi connectivity index (χ4v) is 2.44. The number of hydrogen-bond acceptors (Lipinski definition) is 1. The van der Waals surface area contributed by atoms with Crippen molar-refractivity contribution >= 4 is 10.9 Å². The highest BCUT2D eigenvalue weighted by Gasteiger charge is 2.12. The van der Waals surface area contributed by atoms with E-state index in [9.17, 15) is 0 Å². The van der Waals surface area contributed by atoms with Crippen molar-refractivity contribution in [3.8, 4) is 0 Å². The molecule has 0 radical (unpaired) electrons. The Morgan fingerprint density at radius 3 is 2.55 bits per heavy atom. The summed E-state index contributed by atoms with van der Waals surface area (Å²) in [5, 5.41) is 4.88. The summed E-state index contributed by atoms with van der Waals surface area (Å²) in [4.78, 5) is 0. The molecule has 2 nitrogen and oxygen atoms in total. The number of aryl methyl sites for hydroxylation is 1. The van der Waals surface area contributed by atoms with Crippen LogP contribution < -0.4 is 5.32 Å². The van der Waals surface area contributed by atoms with Gasteiger partial charge >= 0.3 is 0 Å². The minimum atomic E-state index is 0.377. The van der Waals surface area contributed by atoms with Gasteiger partial charge in [-0.15, -0.1) is 0 Å². The third-order valence-electron chi connectivity index (χ3n) is 3.68. The molecule has 1 aromatic carbocycles.